The molecule has 0 spiro atoms. The van der Waals surface area contributed by atoms with Gasteiger partial charge in [0.1, 0.15) is 17.8 Å². The van der Waals surface area contributed by atoms with E-state index in [4.69, 9.17) is 4.74 Å². The molecule has 12 heteroatoms. The molecule has 2 aromatic carbocycles. The van der Waals surface area contributed by atoms with Crippen molar-refractivity contribution in [3.8, 4) is 23.0 Å². The molecule has 2 heterocycles. The van der Waals surface area contributed by atoms with Gasteiger partial charge in [0.2, 0.25) is 0 Å². The number of carbonyl (C=O) groups excluding carboxylic acids is 1. The molecule has 0 atom stereocenters. The maximum Gasteiger partial charge on any atom is 0.323 e. The molecule has 2 aromatic heterocycles. The summed E-state index contributed by atoms with van der Waals surface area (Å²) in [6, 6.07) is 9.26. The van der Waals surface area contributed by atoms with Crippen molar-refractivity contribution >= 4 is 17.4 Å². The number of rotatable bonds is 10. The average molecular weight is 526 g/mol. The third kappa shape index (κ3) is 6.65. The van der Waals surface area contributed by atoms with E-state index >= 15 is 0 Å². The zero-order chi connectivity index (χ0) is 27.1. The van der Waals surface area contributed by atoms with Crippen LogP contribution in [0.3, 0.4) is 0 Å². The van der Waals surface area contributed by atoms with E-state index in [-0.39, 0.29) is 17.1 Å². The first-order chi connectivity index (χ1) is 18.4. The van der Waals surface area contributed by atoms with Crippen LogP contribution in [-0.4, -0.2) is 50.3 Å². The van der Waals surface area contributed by atoms with Gasteiger partial charge >= 0.3 is 6.03 Å². The van der Waals surface area contributed by atoms with E-state index in [1.807, 2.05) is 4.57 Å². The number of nitrogens with one attached hydrogen (secondary N) is 2. The number of halogens is 3. The van der Waals surface area contributed by atoms with E-state index in [0.717, 1.165) is 37.8 Å². The molecule has 38 heavy (non-hydrogen) atoms. The quantitative estimate of drug-likeness (QED) is 0.282. The molecule has 0 bridgehead atoms. The minimum Gasteiger partial charge on any atom is -0.454 e. The summed E-state index contributed by atoms with van der Waals surface area (Å²) in [7, 11) is 0. The van der Waals surface area contributed by atoms with Gasteiger partial charge in [0.25, 0.3) is 0 Å². The van der Waals surface area contributed by atoms with Crippen molar-refractivity contribution in [2.45, 2.75) is 20.4 Å². The predicted molar refractivity (Wildman–Crippen MR) is 137 cm³/mol. The number of hydrogen-bond acceptors (Lipinski definition) is 6. The first kappa shape index (κ1) is 26.6. The average Bonchev–Trinajstić information content (AvgIpc) is 3.37. The van der Waals surface area contributed by atoms with Gasteiger partial charge in [-0.3, -0.25) is 4.98 Å². The van der Waals surface area contributed by atoms with Crippen molar-refractivity contribution < 1.29 is 22.7 Å². The zero-order valence-electron chi connectivity index (χ0n) is 20.8. The topological polar surface area (TPSA) is 97.2 Å². The van der Waals surface area contributed by atoms with Crippen molar-refractivity contribution in [3.63, 3.8) is 0 Å². The molecule has 0 unspecified atom stereocenters. The SMILES string of the molecule is CCN(CC)CCn1cnnc1-c1cc(Oc2ccc(NC(=O)Nc3ccc(F)c(F)c3)cc2F)ccn1. The Morgan fingerprint density at radius 3 is 2.34 bits per heavy atom. The number of pyridine rings is 1. The van der Waals surface area contributed by atoms with E-state index < -0.39 is 23.5 Å². The van der Waals surface area contributed by atoms with Crippen molar-refractivity contribution in [2.75, 3.05) is 30.3 Å². The predicted octanol–water partition coefficient (Wildman–Crippen LogP) is 5.54. The molecule has 2 N–H and O–H groups in total. The fraction of sp³-hybridized carbons (Fsp3) is 0.231. The third-order valence-corrected chi connectivity index (χ3v) is 5.72. The number of anilines is 2. The number of nitrogens with zero attached hydrogens (tertiary/aromatic N) is 5. The van der Waals surface area contributed by atoms with Gasteiger partial charge in [-0.05, 0) is 43.4 Å². The van der Waals surface area contributed by atoms with Gasteiger partial charge in [-0.25, -0.2) is 18.0 Å². The normalized spacial score (nSPS) is 11.0. The first-order valence-corrected chi connectivity index (χ1v) is 11.9. The molecule has 0 radical (unpaired) electrons. The summed E-state index contributed by atoms with van der Waals surface area (Å²) in [6.45, 7) is 7.60. The summed E-state index contributed by atoms with van der Waals surface area (Å²) in [5, 5.41) is 12.9. The Morgan fingerprint density at radius 2 is 1.66 bits per heavy atom. The Morgan fingerprint density at radius 1 is 0.947 bits per heavy atom. The highest BCUT2D eigenvalue weighted by atomic mass is 19.2. The van der Waals surface area contributed by atoms with Gasteiger partial charge in [-0.2, -0.15) is 0 Å². The lowest BCUT2D eigenvalue weighted by Crippen LogP contribution is -2.27. The number of likely N-dealkylation sites (N-methyl/N-ethyl adjacent to an activating group) is 1. The molecule has 0 aliphatic rings. The Hall–Kier alpha value is -4.45. The Labute approximate surface area is 217 Å². The van der Waals surface area contributed by atoms with Gasteiger partial charge < -0.3 is 24.8 Å². The molecular formula is C26H26F3N7O2. The molecule has 4 aromatic rings. The van der Waals surface area contributed by atoms with E-state index in [1.54, 1.807) is 18.5 Å². The standard InChI is InChI=1S/C26H26F3N7O2/c1-3-35(4-2)11-12-36-16-31-34-25(36)23-15-19(9-10-30-23)38-24-8-6-18(14-22(24)29)33-26(37)32-17-5-7-20(27)21(28)13-17/h5-10,13-16H,3-4,11-12H2,1-2H3,(H2,32,33,37). The van der Waals surface area contributed by atoms with E-state index in [0.29, 0.717) is 23.8 Å². The van der Waals surface area contributed by atoms with Crippen LogP contribution in [0.4, 0.5) is 29.3 Å². The number of amides is 2. The minimum atomic E-state index is -1.10. The van der Waals surface area contributed by atoms with Crippen molar-refractivity contribution in [1.82, 2.24) is 24.6 Å². The summed E-state index contributed by atoms with van der Waals surface area (Å²) in [4.78, 5) is 18.8. The lowest BCUT2D eigenvalue weighted by Gasteiger charge is -2.18. The van der Waals surface area contributed by atoms with Gasteiger partial charge in [0.15, 0.2) is 29.0 Å². The van der Waals surface area contributed by atoms with Crippen LogP contribution in [0.5, 0.6) is 11.5 Å². The maximum atomic E-state index is 14.8. The molecule has 198 valence electrons. The minimum absolute atomic E-state index is 0.0409. The van der Waals surface area contributed by atoms with Crippen LogP contribution in [-0.2, 0) is 6.54 Å². The summed E-state index contributed by atoms with van der Waals surface area (Å²) in [5.41, 5.74) is 0.693. The number of carbonyl (C=O) groups is 1. The smallest absolute Gasteiger partial charge is 0.323 e. The van der Waals surface area contributed by atoms with Gasteiger partial charge in [0.05, 0.1) is 0 Å². The Kier molecular flexibility index (Phi) is 8.54. The van der Waals surface area contributed by atoms with Gasteiger partial charge in [-0.1, -0.05) is 13.8 Å². The second kappa shape index (κ2) is 12.2. The van der Waals surface area contributed by atoms with Crippen LogP contribution >= 0.6 is 0 Å². The van der Waals surface area contributed by atoms with Gasteiger partial charge in [-0.15, -0.1) is 10.2 Å². The summed E-state index contributed by atoms with van der Waals surface area (Å²) >= 11 is 0. The van der Waals surface area contributed by atoms with Crippen molar-refractivity contribution in [1.29, 1.82) is 0 Å². The van der Waals surface area contributed by atoms with Crippen molar-refractivity contribution in [3.05, 3.63) is 78.5 Å². The highest BCUT2D eigenvalue weighted by Gasteiger charge is 2.13. The monoisotopic (exact) mass is 525 g/mol. The fourth-order valence-corrected chi connectivity index (χ4v) is 3.66. The third-order valence-electron chi connectivity index (χ3n) is 5.72. The van der Waals surface area contributed by atoms with E-state index in [1.165, 1.54) is 24.4 Å². The Balaban J connectivity index is 1.41. The molecule has 0 aliphatic heterocycles. The summed E-state index contributed by atoms with van der Waals surface area (Å²) in [6.07, 6.45) is 3.17. The molecule has 2 amide bonds. The fourth-order valence-electron chi connectivity index (χ4n) is 3.66. The van der Waals surface area contributed by atoms with E-state index in [9.17, 15) is 18.0 Å². The lowest BCUT2D eigenvalue weighted by atomic mass is 10.2. The number of aromatic nitrogens is 4. The van der Waals surface area contributed by atoms with Crippen LogP contribution in [0.25, 0.3) is 11.5 Å². The van der Waals surface area contributed by atoms with Crippen molar-refractivity contribution in [2.24, 2.45) is 0 Å². The van der Waals surface area contributed by atoms with Crippen LogP contribution in [0.1, 0.15) is 13.8 Å². The largest absolute Gasteiger partial charge is 0.454 e. The maximum absolute atomic E-state index is 14.8. The van der Waals surface area contributed by atoms with Crippen LogP contribution in [0.15, 0.2) is 61.1 Å². The molecule has 0 saturated heterocycles. The molecule has 0 saturated carbocycles. The molecule has 0 aliphatic carbocycles. The zero-order valence-corrected chi connectivity index (χ0v) is 20.8. The van der Waals surface area contributed by atoms with Gasteiger partial charge in [0, 0.05) is 48.9 Å². The number of hydrogen-bond donors (Lipinski definition) is 2. The number of ether oxygens (including phenoxy) is 1. The van der Waals surface area contributed by atoms with Crippen LogP contribution in [0.2, 0.25) is 0 Å². The summed E-state index contributed by atoms with van der Waals surface area (Å²) < 4.78 is 48.7. The first-order valence-electron chi connectivity index (χ1n) is 11.9. The molecular weight excluding hydrogens is 499 g/mol. The highest BCUT2D eigenvalue weighted by Crippen LogP contribution is 2.28. The molecule has 9 nitrogen and oxygen atoms in total. The summed E-state index contributed by atoms with van der Waals surface area (Å²) in [5.74, 6) is -2.03. The molecule has 4 rings (SSSR count). The lowest BCUT2D eigenvalue weighted by molar-refractivity contribution is 0.262. The van der Waals surface area contributed by atoms with E-state index in [2.05, 4.69) is 44.6 Å². The second-order valence-electron chi connectivity index (χ2n) is 8.21. The highest BCUT2D eigenvalue weighted by molar-refractivity contribution is 5.99. The van der Waals surface area contributed by atoms with Crippen LogP contribution < -0.4 is 15.4 Å². The number of benzene rings is 2. The number of urea groups is 1. The van der Waals surface area contributed by atoms with Crippen LogP contribution in [0, 0.1) is 17.5 Å². The Bertz CT molecular complexity index is 1410. The molecule has 0 fully saturated rings. The second-order valence-corrected chi connectivity index (χ2v) is 8.21.